The lowest BCUT2D eigenvalue weighted by molar-refractivity contribution is -0.497. The van der Waals surface area contributed by atoms with Crippen LogP contribution in [0.1, 0.15) is 44.9 Å². The van der Waals surface area contributed by atoms with Crippen molar-refractivity contribution < 1.29 is 66.9 Å². The molecule has 0 amide bonds. The third kappa shape index (κ3) is 4.21. The van der Waals surface area contributed by atoms with Gasteiger partial charge in [-0.2, -0.15) is 52.7 Å². The van der Waals surface area contributed by atoms with Crippen LogP contribution in [0.4, 0.5) is 52.7 Å². The van der Waals surface area contributed by atoms with Gasteiger partial charge >= 0.3 is 24.7 Å². The van der Waals surface area contributed by atoms with Gasteiger partial charge in [-0.15, -0.1) is 0 Å². The van der Waals surface area contributed by atoms with Crippen molar-refractivity contribution in [2.75, 3.05) is 13.4 Å². The van der Waals surface area contributed by atoms with Crippen molar-refractivity contribution in [2.24, 2.45) is 35.5 Å². The van der Waals surface area contributed by atoms with E-state index in [9.17, 15) is 52.7 Å². The van der Waals surface area contributed by atoms with Gasteiger partial charge in [0.1, 0.15) is 6.79 Å². The molecule has 15 heteroatoms. The van der Waals surface area contributed by atoms with Gasteiger partial charge < -0.3 is 14.2 Å². The summed E-state index contributed by atoms with van der Waals surface area (Å²) in [6.07, 6.45) is -20.9. The van der Waals surface area contributed by atoms with Gasteiger partial charge in [-0.25, -0.2) is 0 Å². The molecule has 1 saturated heterocycles. The molecule has 7 unspecified atom stereocenters. The molecule has 4 bridgehead atoms. The van der Waals surface area contributed by atoms with Crippen LogP contribution in [0.5, 0.6) is 0 Å². The molecule has 0 N–H and O–H groups in total. The number of rotatable bonds is 7. The first-order chi connectivity index (χ1) is 17.8. The van der Waals surface area contributed by atoms with Crippen LogP contribution >= 0.6 is 0 Å². The molecule has 0 aromatic rings. The lowest BCUT2D eigenvalue weighted by Crippen LogP contribution is -2.80. The SMILES string of the molecule is FC(F)(F)C(CC1CC2C=CC1C2)(OCOCC1CCC23CCC1C2C(C(F)(F)F)(C(F)(F)F)O3)C(F)(F)F. The zero-order valence-corrected chi connectivity index (χ0v) is 20.2. The van der Waals surface area contributed by atoms with E-state index in [-0.39, 0.29) is 38.0 Å². The van der Waals surface area contributed by atoms with E-state index < -0.39 is 90.9 Å². The van der Waals surface area contributed by atoms with Crippen LogP contribution in [0.3, 0.4) is 0 Å². The van der Waals surface area contributed by atoms with E-state index in [0.717, 1.165) is 0 Å². The Hall–Kier alpha value is -1.22. The first kappa shape index (κ1) is 29.3. The topological polar surface area (TPSA) is 27.7 Å². The summed E-state index contributed by atoms with van der Waals surface area (Å²) < 4.78 is 180. The number of hydrogen-bond acceptors (Lipinski definition) is 3. The molecule has 4 aliphatic carbocycles. The molecule has 0 radical (unpaired) electrons. The summed E-state index contributed by atoms with van der Waals surface area (Å²) in [4.78, 5) is 0. The molecule has 3 saturated carbocycles. The van der Waals surface area contributed by atoms with Crippen molar-refractivity contribution in [3.05, 3.63) is 12.2 Å². The Labute approximate surface area is 215 Å². The van der Waals surface area contributed by atoms with Crippen LogP contribution in [-0.4, -0.2) is 54.9 Å². The summed E-state index contributed by atoms with van der Waals surface area (Å²) in [5, 5.41) is 0. The molecule has 4 fully saturated rings. The first-order valence-corrected chi connectivity index (χ1v) is 12.7. The zero-order chi connectivity index (χ0) is 28.9. The summed E-state index contributed by atoms with van der Waals surface area (Å²) in [6, 6.07) is 0. The highest BCUT2D eigenvalue weighted by Gasteiger charge is 2.89. The van der Waals surface area contributed by atoms with E-state index in [0.29, 0.717) is 6.42 Å². The van der Waals surface area contributed by atoms with Gasteiger partial charge in [-0.3, -0.25) is 0 Å². The Kier molecular flexibility index (Phi) is 6.67. The number of hydrogen-bond donors (Lipinski definition) is 0. The molecule has 7 atom stereocenters. The lowest BCUT2D eigenvalue weighted by Gasteiger charge is -2.64. The van der Waals surface area contributed by atoms with E-state index in [4.69, 9.17) is 4.74 Å². The van der Waals surface area contributed by atoms with Gasteiger partial charge in [0, 0.05) is 5.92 Å². The monoisotopic (exact) mass is 590 g/mol. The quantitative estimate of drug-likeness (QED) is 0.133. The van der Waals surface area contributed by atoms with Gasteiger partial charge in [-0.1, -0.05) is 12.2 Å². The molecule has 3 nitrogen and oxygen atoms in total. The molecule has 0 aromatic carbocycles. The van der Waals surface area contributed by atoms with Crippen molar-refractivity contribution >= 4 is 0 Å². The Morgan fingerprint density at radius 1 is 0.769 bits per heavy atom. The maximum absolute atomic E-state index is 13.9. The molecule has 0 aromatic heterocycles. The predicted octanol–water partition coefficient (Wildman–Crippen LogP) is 7.51. The third-order valence-corrected chi connectivity index (χ3v) is 9.69. The van der Waals surface area contributed by atoms with E-state index >= 15 is 0 Å². The van der Waals surface area contributed by atoms with Gasteiger partial charge in [-0.05, 0) is 74.5 Å². The second-order valence-electron chi connectivity index (χ2n) is 11.6. The van der Waals surface area contributed by atoms with Gasteiger partial charge in [0.15, 0.2) is 0 Å². The fourth-order valence-corrected chi connectivity index (χ4v) is 8.01. The van der Waals surface area contributed by atoms with Crippen molar-refractivity contribution in [2.45, 2.75) is 86.5 Å². The van der Waals surface area contributed by atoms with Crippen LogP contribution in [0.25, 0.3) is 0 Å². The van der Waals surface area contributed by atoms with Crippen molar-refractivity contribution in [3.8, 4) is 0 Å². The summed E-state index contributed by atoms with van der Waals surface area (Å²) in [5.41, 5.74) is -10.5. The zero-order valence-electron chi connectivity index (χ0n) is 20.2. The van der Waals surface area contributed by atoms with Gasteiger partial charge in [0.2, 0.25) is 0 Å². The predicted molar refractivity (Wildman–Crippen MR) is 108 cm³/mol. The van der Waals surface area contributed by atoms with Crippen molar-refractivity contribution in [3.63, 3.8) is 0 Å². The number of halogens is 12. The minimum absolute atomic E-state index is 0.0497. The second-order valence-corrected chi connectivity index (χ2v) is 11.6. The average molecular weight is 590 g/mol. The molecular formula is C24H26F12O3. The fourth-order valence-electron chi connectivity index (χ4n) is 8.01. The van der Waals surface area contributed by atoms with Gasteiger partial charge in [0.25, 0.3) is 11.2 Å². The Morgan fingerprint density at radius 2 is 1.38 bits per heavy atom. The smallest absolute Gasteiger partial charge is 0.355 e. The number of alkyl halides is 12. The average Bonchev–Trinajstić information content (AvgIpc) is 3.40. The standard InChI is InChI=1S/C24H26F12O3/c25-21(26,27)19(22(28,29)30,9-15-8-12-1-2-13(15)7-12)38-11-37-10-14-3-5-18-6-4-16(14)17(18)20(39-18,23(31,32)33)24(34,35)36/h1-2,12-17H,3-11H2. The van der Waals surface area contributed by atoms with Crippen LogP contribution in [0, 0.1) is 35.5 Å². The molecule has 5 aliphatic rings. The molecule has 0 spiro atoms. The van der Waals surface area contributed by atoms with E-state index in [1.807, 2.05) is 0 Å². The van der Waals surface area contributed by atoms with Crippen LogP contribution in [0.15, 0.2) is 12.2 Å². The maximum Gasteiger partial charge on any atom is 0.426 e. The van der Waals surface area contributed by atoms with Crippen molar-refractivity contribution in [1.82, 2.24) is 0 Å². The highest BCUT2D eigenvalue weighted by Crippen LogP contribution is 2.73. The summed E-state index contributed by atoms with van der Waals surface area (Å²) in [7, 11) is 0. The highest BCUT2D eigenvalue weighted by atomic mass is 19.4. The Balaban J connectivity index is 1.28. The third-order valence-electron chi connectivity index (χ3n) is 9.69. The van der Waals surface area contributed by atoms with Crippen LogP contribution < -0.4 is 0 Å². The summed E-state index contributed by atoms with van der Waals surface area (Å²) in [5.74, 6) is -5.58. The minimum Gasteiger partial charge on any atom is -0.355 e. The molecular weight excluding hydrogens is 564 g/mol. The Bertz CT molecular complexity index is 939. The molecule has 224 valence electrons. The van der Waals surface area contributed by atoms with E-state index in [1.165, 1.54) is 0 Å². The summed E-state index contributed by atoms with van der Waals surface area (Å²) in [6.45, 7) is -2.12. The highest BCUT2D eigenvalue weighted by molar-refractivity contribution is 5.24. The van der Waals surface area contributed by atoms with E-state index in [2.05, 4.69) is 9.47 Å². The lowest BCUT2D eigenvalue weighted by atomic mass is 9.58. The largest absolute Gasteiger partial charge is 0.426 e. The first-order valence-electron chi connectivity index (χ1n) is 12.7. The fraction of sp³-hybridized carbons (Fsp3) is 0.917. The molecule has 1 aliphatic heterocycles. The summed E-state index contributed by atoms with van der Waals surface area (Å²) >= 11 is 0. The molecule has 1 heterocycles. The van der Waals surface area contributed by atoms with E-state index in [1.54, 1.807) is 12.2 Å². The minimum atomic E-state index is -5.85. The number of ether oxygens (including phenoxy) is 3. The number of allylic oxidation sites excluding steroid dienone is 2. The van der Waals surface area contributed by atoms with Gasteiger partial charge in [0.05, 0.1) is 12.2 Å². The number of fused-ring (bicyclic) bond motifs is 2. The van der Waals surface area contributed by atoms with Crippen LogP contribution in [-0.2, 0) is 14.2 Å². The van der Waals surface area contributed by atoms with Crippen molar-refractivity contribution in [1.29, 1.82) is 0 Å². The normalized spacial score (nSPS) is 37.7. The van der Waals surface area contributed by atoms with Crippen LogP contribution in [0.2, 0.25) is 0 Å². The maximum atomic E-state index is 13.9. The second kappa shape index (κ2) is 8.89. The molecule has 39 heavy (non-hydrogen) atoms. The Morgan fingerprint density at radius 3 is 1.90 bits per heavy atom. The molecule has 5 rings (SSSR count).